The van der Waals surface area contributed by atoms with E-state index in [1.165, 1.54) is 122 Å². The molecule has 0 aromatic rings. The third-order valence-electron chi connectivity index (χ3n) is 11.0. The molecular weight excluding hydrogens is 719 g/mol. The molecule has 0 aliphatic heterocycles. The summed E-state index contributed by atoms with van der Waals surface area (Å²) in [7, 11) is 0. The van der Waals surface area contributed by atoms with Gasteiger partial charge < -0.3 is 15.2 Å². The predicted octanol–water partition coefficient (Wildman–Crippen LogP) is 15.8. The molecule has 0 aromatic heterocycles. The Morgan fingerprint density at radius 3 is 1.29 bits per heavy atom. The van der Waals surface area contributed by atoms with Crippen molar-refractivity contribution in [2.75, 3.05) is 6.54 Å². The van der Waals surface area contributed by atoms with Crippen LogP contribution in [0.5, 0.6) is 0 Å². The lowest BCUT2D eigenvalue weighted by molar-refractivity contribution is -0.150. The van der Waals surface area contributed by atoms with Crippen molar-refractivity contribution in [2.24, 2.45) is 0 Å². The van der Waals surface area contributed by atoms with E-state index in [-0.39, 0.29) is 24.5 Å². The molecule has 0 heterocycles. The Balaban J connectivity index is 4.13. The number of aliphatic carboxylic acids is 1. The minimum Gasteiger partial charge on any atom is -0.480 e. The van der Waals surface area contributed by atoms with Crippen LogP contribution in [0.4, 0.5) is 0 Å². The summed E-state index contributed by atoms with van der Waals surface area (Å²) in [6.45, 7) is 4.13. The molecule has 0 aliphatic carbocycles. The lowest BCUT2D eigenvalue weighted by Gasteiger charge is -2.18. The van der Waals surface area contributed by atoms with Crippen LogP contribution in [0, 0.1) is 0 Å². The largest absolute Gasteiger partial charge is 0.480 e. The first-order chi connectivity index (χ1) is 28.5. The summed E-state index contributed by atoms with van der Waals surface area (Å²) in [6.07, 6.45) is 61.1. The first kappa shape index (κ1) is 55.4. The lowest BCUT2D eigenvalue weighted by atomic mass is 10.0. The quantitative estimate of drug-likeness (QED) is 0.0363. The number of carbonyl (C=O) groups excluding carboxylic acids is 2. The smallest absolute Gasteiger partial charge is 0.322 e. The number of carboxylic acid groups (broad SMARTS) is 1. The summed E-state index contributed by atoms with van der Waals surface area (Å²) in [6, 6.07) is 0. The molecule has 1 amide bonds. The number of esters is 1. The fraction of sp³-hybridized carbons (Fsp3) is 0.788. The summed E-state index contributed by atoms with van der Waals surface area (Å²) in [4.78, 5) is 35.2. The highest BCUT2D eigenvalue weighted by Crippen LogP contribution is 2.19. The number of allylic oxidation sites excluding steroid dienone is 8. The van der Waals surface area contributed by atoms with E-state index < -0.39 is 5.97 Å². The maximum Gasteiger partial charge on any atom is 0.322 e. The van der Waals surface area contributed by atoms with Crippen molar-refractivity contribution >= 4 is 17.8 Å². The topological polar surface area (TPSA) is 92.7 Å². The van der Waals surface area contributed by atoms with Gasteiger partial charge in [0.1, 0.15) is 12.6 Å². The summed E-state index contributed by atoms with van der Waals surface area (Å²) in [5.74, 6) is -1.25. The fourth-order valence-corrected chi connectivity index (χ4v) is 7.39. The van der Waals surface area contributed by atoms with Gasteiger partial charge in [-0.2, -0.15) is 0 Å². The first-order valence-corrected chi connectivity index (χ1v) is 24.8. The molecule has 58 heavy (non-hydrogen) atoms. The van der Waals surface area contributed by atoms with Crippen LogP contribution in [0.3, 0.4) is 0 Å². The van der Waals surface area contributed by atoms with Gasteiger partial charge >= 0.3 is 11.9 Å². The molecule has 0 saturated heterocycles. The molecule has 6 heteroatoms. The number of nitrogens with one attached hydrogen (secondary N) is 1. The summed E-state index contributed by atoms with van der Waals surface area (Å²) in [5, 5.41) is 11.1. The minimum absolute atomic E-state index is 0.0124. The van der Waals surface area contributed by atoms with Crippen LogP contribution in [0.25, 0.3) is 0 Å². The number of unbranched alkanes of at least 4 members (excludes halogenated alkanes) is 26. The van der Waals surface area contributed by atoms with Crippen LogP contribution in [-0.4, -0.2) is 35.6 Å². The zero-order chi connectivity index (χ0) is 42.3. The van der Waals surface area contributed by atoms with E-state index in [0.717, 1.165) is 103 Å². The molecular formula is C52H93NO5. The van der Waals surface area contributed by atoms with Gasteiger partial charge in [0, 0.05) is 12.8 Å². The normalized spacial score (nSPS) is 12.4. The van der Waals surface area contributed by atoms with Gasteiger partial charge in [-0.05, 0) is 77.0 Å². The number of carboxylic acids is 1. The highest BCUT2D eigenvalue weighted by Gasteiger charge is 2.14. The molecule has 0 aliphatic rings. The van der Waals surface area contributed by atoms with E-state index in [9.17, 15) is 14.4 Å². The van der Waals surface area contributed by atoms with E-state index in [1.54, 1.807) is 0 Å². The number of ether oxygens (including phenoxy) is 1. The van der Waals surface area contributed by atoms with Gasteiger partial charge in [-0.25, -0.2) is 0 Å². The van der Waals surface area contributed by atoms with Gasteiger partial charge in [-0.15, -0.1) is 0 Å². The van der Waals surface area contributed by atoms with E-state index in [2.05, 4.69) is 67.8 Å². The van der Waals surface area contributed by atoms with E-state index in [1.807, 2.05) is 0 Å². The van der Waals surface area contributed by atoms with Gasteiger partial charge in [0.05, 0.1) is 0 Å². The second kappa shape index (κ2) is 47.1. The molecule has 0 radical (unpaired) electrons. The standard InChI is InChI=1S/C52H93NO5/c1-3-5-7-9-11-13-15-17-19-20-21-22-23-24-26-28-30-32-34-39-43-47-52(57)58-49(45-41-37-35-38-42-46-50(54)53-48-51(55)56)44-40-36-33-31-29-27-25-18-16-14-12-10-8-6-4-2/h6,8,12,14,18,25,29,31,49H,3-5,7,9-11,13,15-17,19-24,26-28,30,32-48H2,1-2H3,(H,53,54)(H,55,56)/b8-6-,14-12-,25-18-,31-29-. The molecule has 336 valence electrons. The van der Waals surface area contributed by atoms with Crippen LogP contribution < -0.4 is 5.32 Å². The van der Waals surface area contributed by atoms with Crippen LogP contribution in [-0.2, 0) is 19.1 Å². The molecule has 0 saturated carbocycles. The average Bonchev–Trinajstić information content (AvgIpc) is 3.21. The zero-order valence-electron chi connectivity index (χ0n) is 38.1. The van der Waals surface area contributed by atoms with Gasteiger partial charge in [-0.1, -0.05) is 210 Å². The first-order valence-electron chi connectivity index (χ1n) is 24.8. The summed E-state index contributed by atoms with van der Waals surface area (Å²) >= 11 is 0. The van der Waals surface area contributed by atoms with Gasteiger partial charge in [-0.3, -0.25) is 14.4 Å². The Morgan fingerprint density at radius 2 is 0.845 bits per heavy atom. The molecule has 0 bridgehead atoms. The van der Waals surface area contributed by atoms with Crippen molar-refractivity contribution in [3.63, 3.8) is 0 Å². The Kier molecular flexibility index (Phi) is 44.9. The molecule has 6 nitrogen and oxygen atoms in total. The third-order valence-corrected chi connectivity index (χ3v) is 11.0. The van der Waals surface area contributed by atoms with Crippen LogP contribution in [0.1, 0.15) is 251 Å². The number of hydrogen-bond acceptors (Lipinski definition) is 4. The Hall–Kier alpha value is -2.63. The zero-order valence-corrected chi connectivity index (χ0v) is 38.1. The lowest BCUT2D eigenvalue weighted by Crippen LogP contribution is -2.28. The second-order valence-electron chi connectivity index (χ2n) is 16.7. The monoisotopic (exact) mass is 812 g/mol. The number of amides is 1. The fourth-order valence-electron chi connectivity index (χ4n) is 7.39. The number of rotatable bonds is 45. The van der Waals surface area contributed by atoms with Gasteiger partial charge in [0.2, 0.25) is 5.91 Å². The molecule has 0 aromatic carbocycles. The highest BCUT2D eigenvalue weighted by molar-refractivity contribution is 5.80. The van der Waals surface area contributed by atoms with Gasteiger partial charge in [0.25, 0.3) is 0 Å². The van der Waals surface area contributed by atoms with Crippen LogP contribution in [0.15, 0.2) is 48.6 Å². The minimum atomic E-state index is -1.02. The highest BCUT2D eigenvalue weighted by atomic mass is 16.5. The Morgan fingerprint density at radius 1 is 0.466 bits per heavy atom. The van der Waals surface area contributed by atoms with Crippen molar-refractivity contribution in [2.45, 2.75) is 258 Å². The molecule has 0 spiro atoms. The number of hydrogen-bond donors (Lipinski definition) is 2. The van der Waals surface area contributed by atoms with Gasteiger partial charge in [0.15, 0.2) is 0 Å². The maximum atomic E-state index is 12.8. The third kappa shape index (κ3) is 46.1. The van der Waals surface area contributed by atoms with Crippen LogP contribution >= 0.6 is 0 Å². The molecule has 1 unspecified atom stereocenters. The average molecular weight is 812 g/mol. The van der Waals surface area contributed by atoms with Crippen molar-refractivity contribution in [1.29, 1.82) is 0 Å². The van der Waals surface area contributed by atoms with Crippen LogP contribution in [0.2, 0.25) is 0 Å². The SMILES string of the molecule is CC/C=C\C/C=C\C/C=C\C/C=C\CCCCC(CCCCCCCC(=O)NCC(=O)O)OC(=O)CCCCCCCCCCCCCCCCCCCCCCC. The molecule has 2 N–H and O–H groups in total. The van der Waals surface area contributed by atoms with E-state index in [4.69, 9.17) is 9.84 Å². The van der Waals surface area contributed by atoms with Crippen molar-refractivity contribution < 1.29 is 24.2 Å². The number of carbonyl (C=O) groups is 3. The summed E-state index contributed by atoms with van der Waals surface area (Å²) < 4.78 is 6.04. The Labute approximate surface area is 359 Å². The molecule has 1 atom stereocenters. The van der Waals surface area contributed by atoms with Crippen molar-refractivity contribution in [1.82, 2.24) is 5.32 Å². The predicted molar refractivity (Wildman–Crippen MR) is 249 cm³/mol. The van der Waals surface area contributed by atoms with Crippen molar-refractivity contribution in [3.8, 4) is 0 Å². The van der Waals surface area contributed by atoms with E-state index >= 15 is 0 Å². The maximum absolute atomic E-state index is 12.8. The van der Waals surface area contributed by atoms with E-state index in [0.29, 0.717) is 12.8 Å². The molecule has 0 rings (SSSR count). The second-order valence-corrected chi connectivity index (χ2v) is 16.7. The summed E-state index contributed by atoms with van der Waals surface area (Å²) in [5.41, 5.74) is 0. The Bertz CT molecular complexity index is 1030. The molecule has 0 fully saturated rings. The van der Waals surface area contributed by atoms with Crippen molar-refractivity contribution in [3.05, 3.63) is 48.6 Å².